The SMILES string of the molecule is Fc1ccc(-c2nc(CN3CCN(c4ncnc5ncccc45)CC3)no2)c(F)c1. The molecule has 0 atom stereocenters. The van der Waals surface area contributed by atoms with Crippen LogP contribution in [0, 0.1) is 11.6 Å². The number of rotatable bonds is 4. The lowest BCUT2D eigenvalue weighted by atomic mass is 10.2. The number of piperazine rings is 1. The van der Waals surface area contributed by atoms with Crippen molar-refractivity contribution in [2.45, 2.75) is 6.54 Å². The van der Waals surface area contributed by atoms with Crippen LogP contribution in [0.1, 0.15) is 5.82 Å². The number of hydrogen-bond acceptors (Lipinski definition) is 8. The Labute approximate surface area is 170 Å². The number of benzene rings is 1. The lowest BCUT2D eigenvalue weighted by Gasteiger charge is -2.35. The highest BCUT2D eigenvalue weighted by atomic mass is 19.1. The molecule has 3 aromatic heterocycles. The highest BCUT2D eigenvalue weighted by molar-refractivity contribution is 5.86. The summed E-state index contributed by atoms with van der Waals surface area (Å²) in [4.78, 5) is 21.6. The predicted molar refractivity (Wildman–Crippen MR) is 104 cm³/mol. The van der Waals surface area contributed by atoms with E-state index in [0.717, 1.165) is 49.5 Å². The minimum absolute atomic E-state index is 0.0427. The minimum Gasteiger partial charge on any atom is -0.353 e. The topological polar surface area (TPSA) is 84.1 Å². The molecule has 5 rings (SSSR count). The van der Waals surface area contributed by atoms with Crippen LogP contribution in [0.4, 0.5) is 14.6 Å². The molecule has 1 aromatic carbocycles. The number of fused-ring (bicyclic) bond motifs is 1. The Morgan fingerprint density at radius 3 is 2.70 bits per heavy atom. The van der Waals surface area contributed by atoms with Gasteiger partial charge in [0.2, 0.25) is 0 Å². The van der Waals surface area contributed by atoms with Gasteiger partial charge in [0.1, 0.15) is 23.8 Å². The molecule has 0 aliphatic carbocycles. The van der Waals surface area contributed by atoms with Crippen LogP contribution in [-0.4, -0.2) is 56.2 Å². The number of nitrogens with zero attached hydrogens (tertiary/aromatic N) is 7. The maximum Gasteiger partial charge on any atom is 0.260 e. The Morgan fingerprint density at radius 2 is 1.87 bits per heavy atom. The summed E-state index contributed by atoms with van der Waals surface area (Å²) in [6.07, 6.45) is 3.25. The van der Waals surface area contributed by atoms with E-state index >= 15 is 0 Å². The van der Waals surface area contributed by atoms with E-state index in [1.165, 1.54) is 12.4 Å². The van der Waals surface area contributed by atoms with Crippen molar-refractivity contribution >= 4 is 16.9 Å². The first-order chi connectivity index (χ1) is 14.7. The fraction of sp³-hybridized carbons (Fsp3) is 0.250. The average molecular weight is 409 g/mol. The third-order valence-corrected chi connectivity index (χ3v) is 5.05. The van der Waals surface area contributed by atoms with E-state index in [1.54, 1.807) is 6.20 Å². The maximum atomic E-state index is 13.9. The normalized spacial score (nSPS) is 15.1. The van der Waals surface area contributed by atoms with Crippen molar-refractivity contribution in [1.29, 1.82) is 0 Å². The van der Waals surface area contributed by atoms with E-state index < -0.39 is 11.6 Å². The molecule has 152 valence electrons. The number of hydrogen-bond donors (Lipinski definition) is 0. The molecule has 0 unspecified atom stereocenters. The second-order valence-electron chi connectivity index (χ2n) is 6.97. The van der Waals surface area contributed by atoms with Gasteiger partial charge < -0.3 is 9.42 Å². The van der Waals surface area contributed by atoms with Gasteiger partial charge in [-0.05, 0) is 24.3 Å². The van der Waals surface area contributed by atoms with Gasteiger partial charge in [0.25, 0.3) is 5.89 Å². The Morgan fingerprint density at radius 1 is 1.00 bits per heavy atom. The van der Waals surface area contributed by atoms with E-state index in [4.69, 9.17) is 4.52 Å². The van der Waals surface area contributed by atoms with Crippen LogP contribution in [0.5, 0.6) is 0 Å². The number of aromatic nitrogens is 5. The first-order valence-corrected chi connectivity index (χ1v) is 9.48. The monoisotopic (exact) mass is 409 g/mol. The molecule has 0 radical (unpaired) electrons. The molecule has 0 spiro atoms. The van der Waals surface area contributed by atoms with Crippen LogP contribution in [-0.2, 0) is 6.54 Å². The average Bonchev–Trinajstić information content (AvgIpc) is 3.22. The molecule has 1 aliphatic rings. The summed E-state index contributed by atoms with van der Waals surface area (Å²) < 4.78 is 32.2. The highest BCUT2D eigenvalue weighted by Gasteiger charge is 2.22. The molecular weight excluding hydrogens is 392 g/mol. The van der Waals surface area contributed by atoms with Gasteiger partial charge >= 0.3 is 0 Å². The van der Waals surface area contributed by atoms with E-state index in [-0.39, 0.29) is 11.5 Å². The van der Waals surface area contributed by atoms with Gasteiger partial charge in [-0.2, -0.15) is 4.98 Å². The third kappa shape index (κ3) is 3.57. The molecule has 4 heterocycles. The lowest BCUT2D eigenvalue weighted by molar-refractivity contribution is 0.240. The van der Waals surface area contributed by atoms with Crippen LogP contribution >= 0.6 is 0 Å². The summed E-state index contributed by atoms with van der Waals surface area (Å²) in [5.74, 6) is -0.00665. The molecule has 8 nitrogen and oxygen atoms in total. The lowest BCUT2D eigenvalue weighted by Crippen LogP contribution is -2.46. The van der Waals surface area contributed by atoms with E-state index in [0.29, 0.717) is 18.0 Å². The van der Waals surface area contributed by atoms with Crippen LogP contribution in [0.25, 0.3) is 22.5 Å². The van der Waals surface area contributed by atoms with E-state index in [9.17, 15) is 8.78 Å². The molecule has 1 fully saturated rings. The standard InChI is InChI=1S/C20H17F2N7O/c21-13-3-4-14(16(22)10-13)20-26-17(27-30-20)11-28-6-8-29(9-7-28)19-15-2-1-5-23-18(15)24-12-25-19/h1-5,10,12H,6-9,11H2. The van der Waals surface area contributed by atoms with Gasteiger partial charge in [0.05, 0.1) is 17.5 Å². The molecule has 4 aromatic rings. The van der Waals surface area contributed by atoms with Gasteiger partial charge in [0, 0.05) is 38.4 Å². The second-order valence-corrected chi connectivity index (χ2v) is 6.97. The molecule has 0 amide bonds. The van der Waals surface area contributed by atoms with E-state index in [2.05, 4.69) is 34.9 Å². The van der Waals surface area contributed by atoms with Crippen molar-refractivity contribution in [3.8, 4) is 11.5 Å². The quantitative estimate of drug-likeness (QED) is 0.509. The molecule has 30 heavy (non-hydrogen) atoms. The number of pyridine rings is 1. The van der Waals surface area contributed by atoms with Gasteiger partial charge in [-0.25, -0.2) is 23.7 Å². The molecule has 0 saturated carbocycles. The van der Waals surface area contributed by atoms with E-state index in [1.807, 2.05) is 12.1 Å². The van der Waals surface area contributed by atoms with Crippen molar-refractivity contribution < 1.29 is 13.3 Å². The summed E-state index contributed by atoms with van der Waals surface area (Å²) in [6, 6.07) is 7.10. The molecule has 1 saturated heterocycles. The molecule has 1 aliphatic heterocycles. The van der Waals surface area contributed by atoms with Gasteiger partial charge in [0.15, 0.2) is 11.5 Å². The Hall–Kier alpha value is -3.53. The summed E-state index contributed by atoms with van der Waals surface area (Å²) in [7, 11) is 0. The summed E-state index contributed by atoms with van der Waals surface area (Å²) in [6.45, 7) is 3.59. The first kappa shape index (κ1) is 18.5. The van der Waals surface area contributed by atoms with Crippen molar-refractivity contribution in [2.75, 3.05) is 31.1 Å². The predicted octanol–water partition coefficient (Wildman–Crippen LogP) is 2.68. The van der Waals surface area contributed by atoms with Crippen LogP contribution in [0.15, 0.2) is 47.4 Å². The zero-order valence-corrected chi connectivity index (χ0v) is 15.9. The van der Waals surface area contributed by atoms with Crippen molar-refractivity contribution in [3.05, 3.63) is 60.3 Å². The fourth-order valence-corrected chi connectivity index (χ4v) is 3.54. The zero-order valence-electron chi connectivity index (χ0n) is 15.9. The summed E-state index contributed by atoms with van der Waals surface area (Å²) in [5, 5.41) is 4.87. The fourth-order valence-electron chi connectivity index (χ4n) is 3.54. The van der Waals surface area contributed by atoms with Crippen molar-refractivity contribution in [2.24, 2.45) is 0 Å². The van der Waals surface area contributed by atoms with Crippen molar-refractivity contribution in [3.63, 3.8) is 0 Å². The Kier molecular flexibility index (Phi) is 4.75. The van der Waals surface area contributed by atoms with Crippen molar-refractivity contribution in [1.82, 2.24) is 30.0 Å². The number of anilines is 1. The number of halogens is 2. The van der Waals surface area contributed by atoms with Crippen LogP contribution < -0.4 is 4.90 Å². The summed E-state index contributed by atoms with van der Waals surface area (Å²) in [5.41, 5.74) is 0.765. The maximum absolute atomic E-state index is 13.9. The Bertz CT molecular complexity index is 1190. The minimum atomic E-state index is -0.731. The van der Waals surface area contributed by atoms with Crippen LogP contribution in [0.3, 0.4) is 0 Å². The molecule has 0 bridgehead atoms. The third-order valence-electron chi connectivity index (χ3n) is 5.05. The van der Waals surface area contributed by atoms with Gasteiger partial charge in [-0.1, -0.05) is 5.16 Å². The zero-order chi connectivity index (χ0) is 20.5. The molecular formula is C20H17F2N7O. The smallest absolute Gasteiger partial charge is 0.260 e. The second kappa shape index (κ2) is 7.71. The van der Waals surface area contributed by atoms with Gasteiger partial charge in [-0.3, -0.25) is 4.90 Å². The molecule has 0 N–H and O–H groups in total. The largest absolute Gasteiger partial charge is 0.353 e. The van der Waals surface area contributed by atoms with Gasteiger partial charge in [-0.15, -0.1) is 0 Å². The molecule has 10 heteroatoms. The first-order valence-electron chi connectivity index (χ1n) is 9.48. The highest BCUT2D eigenvalue weighted by Crippen LogP contribution is 2.24. The summed E-state index contributed by atoms with van der Waals surface area (Å²) >= 11 is 0. The van der Waals surface area contributed by atoms with Crippen LogP contribution in [0.2, 0.25) is 0 Å². The Balaban J connectivity index is 1.25.